The summed E-state index contributed by atoms with van der Waals surface area (Å²) in [6, 6.07) is 4.86. The van der Waals surface area contributed by atoms with Gasteiger partial charge >= 0.3 is 6.03 Å². The van der Waals surface area contributed by atoms with Gasteiger partial charge in [0.25, 0.3) is 0 Å². The zero-order chi connectivity index (χ0) is 18.0. The number of likely N-dealkylation sites (N-methyl/N-ethyl adjacent to an activating group) is 1. The molecule has 8 heteroatoms. The fourth-order valence-electron chi connectivity index (χ4n) is 2.57. The minimum absolute atomic E-state index is 0.000848. The first-order valence-electron chi connectivity index (χ1n) is 7.36. The molecule has 1 fully saturated rings. The van der Waals surface area contributed by atoms with E-state index in [0.29, 0.717) is 10.0 Å². The van der Waals surface area contributed by atoms with Gasteiger partial charge in [-0.1, -0.05) is 41.0 Å². The summed E-state index contributed by atoms with van der Waals surface area (Å²) in [7, 11) is 1.71. The van der Waals surface area contributed by atoms with Crippen LogP contribution in [0.4, 0.5) is 4.79 Å². The third kappa shape index (κ3) is 4.18. The Morgan fingerprint density at radius 3 is 2.38 bits per heavy atom. The van der Waals surface area contributed by atoms with Crippen LogP contribution < -0.4 is 5.73 Å². The van der Waals surface area contributed by atoms with Crippen molar-refractivity contribution in [1.82, 2.24) is 9.80 Å². The van der Waals surface area contributed by atoms with Crippen molar-refractivity contribution in [3.8, 4) is 0 Å². The minimum atomic E-state index is -0.548. The molecule has 2 rings (SSSR count). The number of hydrogen-bond donors (Lipinski definition) is 1. The number of hydrogen-bond acceptors (Lipinski definition) is 3. The Morgan fingerprint density at radius 1 is 1.29 bits per heavy atom. The van der Waals surface area contributed by atoms with Crippen LogP contribution in [0.1, 0.15) is 13.8 Å². The summed E-state index contributed by atoms with van der Waals surface area (Å²) in [6.45, 7) is 3.90. The van der Waals surface area contributed by atoms with E-state index in [2.05, 4.69) is 0 Å². The Kier molecular flexibility index (Phi) is 6.06. The van der Waals surface area contributed by atoms with Gasteiger partial charge in [-0.3, -0.25) is 4.79 Å². The Balaban J connectivity index is 2.38. The molecule has 1 aromatic rings. The van der Waals surface area contributed by atoms with Crippen molar-refractivity contribution in [3.63, 3.8) is 0 Å². The quantitative estimate of drug-likeness (QED) is 0.784. The van der Waals surface area contributed by atoms with E-state index in [1.807, 2.05) is 13.8 Å². The van der Waals surface area contributed by atoms with E-state index in [0.717, 1.165) is 4.90 Å². The third-order valence-corrected chi connectivity index (χ3v) is 5.33. The van der Waals surface area contributed by atoms with E-state index in [1.54, 1.807) is 41.1 Å². The molecule has 1 heterocycles. The van der Waals surface area contributed by atoms with Crippen molar-refractivity contribution in [2.75, 3.05) is 7.05 Å². The molecular formula is C16H19Cl2N3O2S. The van der Waals surface area contributed by atoms with Crippen LogP contribution in [0.25, 0.3) is 0 Å². The molecule has 0 aliphatic carbocycles. The van der Waals surface area contributed by atoms with E-state index >= 15 is 0 Å². The lowest BCUT2D eigenvalue weighted by atomic mass is 10.2. The molecule has 0 radical (unpaired) electrons. The van der Waals surface area contributed by atoms with Gasteiger partial charge in [-0.15, -0.1) is 0 Å². The maximum atomic E-state index is 12.6. The number of primary amides is 1. The van der Waals surface area contributed by atoms with Gasteiger partial charge in [-0.25, -0.2) is 4.79 Å². The summed E-state index contributed by atoms with van der Waals surface area (Å²) in [6.07, 6.45) is 2.95. The van der Waals surface area contributed by atoms with Crippen LogP contribution in [0.2, 0.25) is 10.0 Å². The molecule has 5 nitrogen and oxygen atoms in total. The number of rotatable bonds is 5. The molecule has 0 spiro atoms. The molecule has 2 unspecified atom stereocenters. The van der Waals surface area contributed by atoms with Crippen LogP contribution in [0.15, 0.2) is 35.2 Å². The molecule has 2 atom stereocenters. The topological polar surface area (TPSA) is 66.6 Å². The Hall–Kier alpha value is -1.37. The summed E-state index contributed by atoms with van der Waals surface area (Å²) < 4.78 is 0. The Labute approximate surface area is 155 Å². The third-order valence-electron chi connectivity index (χ3n) is 3.64. The molecule has 130 valence electrons. The second-order valence-corrected chi connectivity index (χ2v) is 7.82. The van der Waals surface area contributed by atoms with Gasteiger partial charge in [-0.2, -0.15) is 0 Å². The van der Waals surface area contributed by atoms with E-state index < -0.39 is 5.91 Å². The molecule has 1 saturated heterocycles. The number of nitrogens with two attached hydrogens (primary N) is 1. The maximum absolute atomic E-state index is 12.6. The largest absolute Gasteiger partial charge is 0.366 e. The number of carbonyl (C=O) groups is 2. The zero-order valence-corrected chi connectivity index (χ0v) is 15.9. The molecule has 2 N–H and O–H groups in total. The molecule has 1 aliphatic heterocycles. The summed E-state index contributed by atoms with van der Waals surface area (Å²) >= 11 is 13.6. The molecule has 1 aromatic carbocycles. The van der Waals surface area contributed by atoms with Gasteiger partial charge in [0.15, 0.2) is 0 Å². The monoisotopic (exact) mass is 387 g/mol. The number of carbonyl (C=O) groups excluding carboxylic acids is 2. The van der Waals surface area contributed by atoms with Crippen LogP contribution in [-0.2, 0) is 4.79 Å². The molecule has 0 saturated carbocycles. The number of urea groups is 1. The normalized spacial score (nSPS) is 21.3. The van der Waals surface area contributed by atoms with Gasteiger partial charge in [0.1, 0.15) is 5.37 Å². The van der Waals surface area contributed by atoms with Gasteiger partial charge in [-0.05, 0) is 32.0 Å². The molecule has 24 heavy (non-hydrogen) atoms. The van der Waals surface area contributed by atoms with E-state index in [4.69, 9.17) is 28.9 Å². The number of halogens is 2. The first-order chi connectivity index (χ1) is 11.2. The highest BCUT2D eigenvalue weighted by Gasteiger charge is 2.44. The van der Waals surface area contributed by atoms with Crippen LogP contribution in [-0.4, -0.2) is 46.2 Å². The van der Waals surface area contributed by atoms with Gasteiger partial charge in [0.05, 0.1) is 6.04 Å². The highest BCUT2D eigenvalue weighted by molar-refractivity contribution is 8.00. The predicted molar refractivity (Wildman–Crippen MR) is 98.4 cm³/mol. The van der Waals surface area contributed by atoms with E-state index in [1.165, 1.54) is 17.8 Å². The van der Waals surface area contributed by atoms with Crippen LogP contribution in [0.5, 0.6) is 0 Å². The lowest BCUT2D eigenvalue weighted by Crippen LogP contribution is -2.39. The zero-order valence-electron chi connectivity index (χ0n) is 13.6. The summed E-state index contributed by atoms with van der Waals surface area (Å²) in [5.41, 5.74) is 5.20. The molecule has 3 amide bonds. The summed E-state index contributed by atoms with van der Waals surface area (Å²) in [5, 5.41) is 0.832. The van der Waals surface area contributed by atoms with Gasteiger partial charge in [0, 0.05) is 34.1 Å². The molecule has 0 aromatic heterocycles. The summed E-state index contributed by atoms with van der Waals surface area (Å²) in [5.74, 6) is -0.548. The van der Waals surface area contributed by atoms with Crippen LogP contribution >= 0.6 is 35.0 Å². The summed E-state index contributed by atoms with van der Waals surface area (Å²) in [4.78, 5) is 27.9. The highest BCUT2D eigenvalue weighted by Crippen LogP contribution is 2.38. The molecule has 0 bridgehead atoms. The molecular weight excluding hydrogens is 369 g/mol. The Bertz CT molecular complexity index is 661. The lowest BCUT2D eigenvalue weighted by molar-refractivity contribution is -0.113. The number of nitrogens with zero attached hydrogens (tertiary/aromatic N) is 2. The van der Waals surface area contributed by atoms with Crippen LogP contribution in [0.3, 0.4) is 0 Å². The minimum Gasteiger partial charge on any atom is -0.366 e. The van der Waals surface area contributed by atoms with Gasteiger partial charge in [0.2, 0.25) is 5.91 Å². The first-order valence-corrected chi connectivity index (χ1v) is 8.99. The fraction of sp³-hybridized carbons (Fsp3) is 0.375. The van der Waals surface area contributed by atoms with Crippen molar-refractivity contribution < 1.29 is 9.59 Å². The number of benzene rings is 1. The van der Waals surface area contributed by atoms with E-state index in [-0.39, 0.29) is 23.5 Å². The van der Waals surface area contributed by atoms with E-state index in [9.17, 15) is 9.59 Å². The second kappa shape index (κ2) is 7.68. The van der Waals surface area contributed by atoms with Crippen molar-refractivity contribution in [1.29, 1.82) is 0 Å². The predicted octanol–water partition coefficient (Wildman–Crippen LogP) is 3.60. The smallest absolute Gasteiger partial charge is 0.321 e. The van der Waals surface area contributed by atoms with Crippen molar-refractivity contribution in [2.45, 2.75) is 36.2 Å². The standard InChI is InChI=1S/C16H19Cl2N3O2S/c1-9(2)21-15(24-12-7-10(17)6-11(18)8-12)13(4-5-14(19)22)20(3)16(21)23/h4-9,13,15H,1-3H3,(H2,19,22)/b5-4+. The van der Waals surface area contributed by atoms with Gasteiger partial charge < -0.3 is 15.5 Å². The Morgan fingerprint density at radius 2 is 1.88 bits per heavy atom. The van der Waals surface area contributed by atoms with Crippen molar-refractivity contribution in [2.24, 2.45) is 5.73 Å². The number of thioether (sulfide) groups is 1. The fourth-order valence-corrected chi connectivity index (χ4v) is 4.75. The van der Waals surface area contributed by atoms with Crippen molar-refractivity contribution >= 4 is 46.9 Å². The second-order valence-electron chi connectivity index (χ2n) is 5.76. The lowest BCUT2D eigenvalue weighted by Gasteiger charge is -2.28. The average Bonchev–Trinajstić information content (AvgIpc) is 2.67. The van der Waals surface area contributed by atoms with Crippen molar-refractivity contribution in [3.05, 3.63) is 40.4 Å². The maximum Gasteiger partial charge on any atom is 0.321 e. The SMILES string of the molecule is CC(C)N1C(=O)N(C)C(/C=C/C(N)=O)C1Sc1cc(Cl)cc(Cl)c1. The van der Waals surface area contributed by atoms with Crippen LogP contribution in [0, 0.1) is 0 Å². The average molecular weight is 388 g/mol. The highest BCUT2D eigenvalue weighted by atomic mass is 35.5. The molecule has 1 aliphatic rings. The first kappa shape index (κ1) is 19.0. The number of amides is 3.